The molecule has 0 bridgehead atoms. The molecule has 1 aliphatic heterocycles. The molecular formula is C21H23FN2O3. The molecular weight excluding hydrogens is 347 g/mol. The van der Waals surface area contributed by atoms with Crippen molar-refractivity contribution >= 4 is 11.8 Å². The molecule has 0 aliphatic carbocycles. The maximum atomic E-state index is 13.6. The first-order valence-electron chi connectivity index (χ1n) is 9.12. The zero-order valence-electron chi connectivity index (χ0n) is 15.1. The first-order valence-corrected chi connectivity index (χ1v) is 9.12. The van der Waals surface area contributed by atoms with Gasteiger partial charge in [0.2, 0.25) is 0 Å². The van der Waals surface area contributed by atoms with Gasteiger partial charge in [0.15, 0.2) is 6.61 Å². The summed E-state index contributed by atoms with van der Waals surface area (Å²) in [5, 5.41) is 2.79. The number of nitrogens with zero attached hydrogens (tertiary/aromatic N) is 1. The summed E-state index contributed by atoms with van der Waals surface area (Å²) in [7, 11) is 0. The fourth-order valence-electron chi connectivity index (χ4n) is 3.12. The third-order valence-corrected chi connectivity index (χ3v) is 4.74. The molecule has 1 heterocycles. The monoisotopic (exact) mass is 370 g/mol. The van der Waals surface area contributed by atoms with Gasteiger partial charge in [-0.1, -0.05) is 30.3 Å². The number of piperidine rings is 1. The van der Waals surface area contributed by atoms with Crippen molar-refractivity contribution < 1.29 is 18.7 Å². The number of hydrogen-bond donors (Lipinski definition) is 1. The second-order valence-corrected chi connectivity index (χ2v) is 6.62. The Kier molecular flexibility index (Phi) is 6.41. The largest absolute Gasteiger partial charge is 0.484 e. The Morgan fingerprint density at radius 2 is 1.70 bits per heavy atom. The van der Waals surface area contributed by atoms with Gasteiger partial charge in [-0.3, -0.25) is 9.59 Å². The molecule has 2 aromatic rings. The lowest BCUT2D eigenvalue weighted by Crippen LogP contribution is -2.43. The molecule has 27 heavy (non-hydrogen) atoms. The van der Waals surface area contributed by atoms with E-state index < -0.39 is 11.7 Å². The van der Waals surface area contributed by atoms with E-state index in [0.29, 0.717) is 25.4 Å². The van der Waals surface area contributed by atoms with Crippen LogP contribution < -0.4 is 10.1 Å². The van der Waals surface area contributed by atoms with Gasteiger partial charge >= 0.3 is 0 Å². The predicted octanol–water partition coefficient (Wildman–Crippen LogP) is 2.87. The van der Waals surface area contributed by atoms with Crippen LogP contribution in [0.5, 0.6) is 5.75 Å². The van der Waals surface area contributed by atoms with Crippen molar-refractivity contribution in [2.45, 2.75) is 12.8 Å². The van der Waals surface area contributed by atoms with Crippen molar-refractivity contribution in [3.63, 3.8) is 0 Å². The highest BCUT2D eigenvalue weighted by atomic mass is 19.1. The maximum absolute atomic E-state index is 13.6. The van der Waals surface area contributed by atoms with Gasteiger partial charge < -0.3 is 15.0 Å². The van der Waals surface area contributed by atoms with Crippen LogP contribution in [-0.2, 0) is 4.79 Å². The van der Waals surface area contributed by atoms with Crippen LogP contribution in [0.3, 0.4) is 0 Å². The Morgan fingerprint density at radius 3 is 2.41 bits per heavy atom. The van der Waals surface area contributed by atoms with E-state index in [2.05, 4.69) is 5.32 Å². The van der Waals surface area contributed by atoms with E-state index in [1.807, 2.05) is 30.3 Å². The second-order valence-electron chi connectivity index (χ2n) is 6.62. The van der Waals surface area contributed by atoms with E-state index >= 15 is 0 Å². The van der Waals surface area contributed by atoms with Crippen LogP contribution in [0.15, 0.2) is 54.6 Å². The van der Waals surface area contributed by atoms with E-state index in [-0.39, 0.29) is 24.0 Å². The van der Waals surface area contributed by atoms with Crippen LogP contribution >= 0.6 is 0 Å². The number of rotatable bonds is 6. The van der Waals surface area contributed by atoms with Crippen molar-refractivity contribution in [1.29, 1.82) is 0 Å². The third kappa shape index (κ3) is 5.29. The van der Waals surface area contributed by atoms with Crippen LogP contribution in [0.4, 0.5) is 4.39 Å². The number of ether oxygens (including phenoxy) is 1. The molecule has 0 atom stereocenters. The fourth-order valence-corrected chi connectivity index (χ4v) is 3.12. The quantitative estimate of drug-likeness (QED) is 0.851. The molecule has 2 aromatic carbocycles. The number of para-hydroxylation sites is 1. The Morgan fingerprint density at radius 1 is 1.04 bits per heavy atom. The van der Waals surface area contributed by atoms with Gasteiger partial charge in [-0.25, -0.2) is 4.39 Å². The molecule has 1 aliphatic rings. The lowest BCUT2D eigenvalue weighted by Gasteiger charge is -2.32. The summed E-state index contributed by atoms with van der Waals surface area (Å²) in [4.78, 5) is 26.1. The summed E-state index contributed by atoms with van der Waals surface area (Å²) in [5.41, 5.74) is 0.0585. The van der Waals surface area contributed by atoms with E-state index in [0.717, 1.165) is 12.8 Å². The molecule has 0 aromatic heterocycles. The van der Waals surface area contributed by atoms with E-state index in [1.54, 1.807) is 17.0 Å². The van der Waals surface area contributed by atoms with Crippen molar-refractivity contribution in [3.8, 4) is 5.75 Å². The van der Waals surface area contributed by atoms with Crippen molar-refractivity contribution in [1.82, 2.24) is 10.2 Å². The fraction of sp³-hybridized carbons (Fsp3) is 0.333. The summed E-state index contributed by atoms with van der Waals surface area (Å²) in [6.07, 6.45) is 1.60. The lowest BCUT2D eigenvalue weighted by molar-refractivity contribution is -0.134. The molecule has 1 fully saturated rings. The first kappa shape index (κ1) is 18.9. The molecule has 6 heteroatoms. The Hall–Kier alpha value is -2.89. The van der Waals surface area contributed by atoms with Crippen molar-refractivity contribution in [2.24, 2.45) is 5.92 Å². The molecule has 0 saturated carbocycles. The molecule has 0 spiro atoms. The number of carbonyl (C=O) groups is 2. The zero-order chi connectivity index (χ0) is 19.1. The second kappa shape index (κ2) is 9.16. The number of nitrogens with one attached hydrogen (secondary N) is 1. The van der Waals surface area contributed by atoms with Crippen LogP contribution in [0.25, 0.3) is 0 Å². The van der Waals surface area contributed by atoms with Crippen molar-refractivity contribution in [3.05, 3.63) is 66.0 Å². The summed E-state index contributed by atoms with van der Waals surface area (Å²) < 4.78 is 19.1. The van der Waals surface area contributed by atoms with Gasteiger partial charge in [0, 0.05) is 19.6 Å². The molecule has 5 nitrogen and oxygen atoms in total. The number of carbonyl (C=O) groups excluding carboxylic acids is 2. The Labute approximate surface area is 158 Å². The standard InChI is InChI=1S/C21H23FN2O3/c22-19-9-5-4-8-18(19)21(26)23-14-16-10-12-24(13-11-16)20(25)15-27-17-6-2-1-3-7-17/h1-9,16H,10-15H2,(H,23,26). The molecule has 2 amide bonds. The van der Waals surface area contributed by atoms with Crippen LogP contribution in [0.2, 0.25) is 0 Å². The molecule has 0 unspecified atom stereocenters. The minimum atomic E-state index is -0.520. The lowest BCUT2D eigenvalue weighted by atomic mass is 9.96. The minimum Gasteiger partial charge on any atom is -0.484 e. The highest BCUT2D eigenvalue weighted by Gasteiger charge is 2.23. The molecule has 1 saturated heterocycles. The summed E-state index contributed by atoms with van der Waals surface area (Å²) >= 11 is 0. The van der Waals surface area contributed by atoms with Gasteiger partial charge in [-0.15, -0.1) is 0 Å². The molecule has 0 radical (unpaired) electrons. The first-order chi connectivity index (χ1) is 13.1. The van der Waals surface area contributed by atoms with Gasteiger partial charge in [-0.2, -0.15) is 0 Å². The molecule has 1 N–H and O–H groups in total. The highest BCUT2D eigenvalue weighted by molar-refractivity contribution is 5.94. The maximum Gasteiger partial charge on any atom is 0.260 e. The average Bonchev–Trinajstić information content (AvgIpc) is 2.72. The van der Waals surface area contributed by atoms with E-state index in [9.17, 15) is 14.0 Å². The zero-order valence-corrected chi connectivity index (χ0v) is 15.1. The van der Waals surface area contributed by atoms with Crippen molar-refractivity contribution in [2.75, 3.05) is 26.2 Å². The van der Waals surface area contributed by atoms with Gasteiger partial charge in [0.05, 0.1) is 5.56 Å². The highest BCUT2D eigenvalue weighted by Crippen LogP contribution is 2.17. The minimum absolute atomic E-state index is 0.0265. The summed E-state index contributed by atoms with van der Waals surface area (Å²) in [6.45, 7) is 1.78. The van der Waals surface area contributed by atoms with Gasteiger partial charge in [0.25, 0.3) is 11.8 Å². The molecule has 3 rings (SSSR count). The SMILES string of the molecule is O=C(NCC1CCN(C(=O)COc2ccccc2)CC1)c1ccccc1F. The number of hydrogen-bond acceptors (Lipinski definition) is 3. The molecule has 142 valence electrons. The van der Waals surface area contributed by atoms with E-state index in [1.165, 1.54) is 12.1 Å². The van der Waals surface area contributed by atoms with Crippen LogP contribution in [0.1, 0.15) is 23.2 Å². The van der Waals surface area contributed by atoms with E-state index in [4.69, 9.17) is 4.74 Å². The number of halogens is 1. The smallest absolute Gasteiger partial charge is 0.260 e. The normalized spacial score (nSPS) is 14.6. The topological polar surface area (TPSA) is 58.6 Å². The Bertz CT molecular complexity index is 774. The van der Waals surface area contributed by atoms with Crippen LogP contribution in [0, 0.1) is 11.7 Å². The number of likely N-dealkylation sites (tertiary alicyclic amines) is 1. The number of benzene rings is 2. The summed E-state index contributed by atoms with van der Waals surface area (Å²) in [5.74, 6) is 0.000743. The summed E-state index contributed by atoms with van der Waals surface area (Å²) in [6, 6.07) is 15.2. The predicted molar refractivity (Wildman–Crippen MR) is 100.0 cm³/mol. The average molecular weight is 370 g/mol. The Balaban J connectivity index is 1.39. The number of amides is 2. The third-order valence-electron chi connectivity index (χ3n) is 4.74. The van der Waals surface area contributed by atoms with Crippen LogP contribution in [-0.4, -0.2) is 43.0 Å². The van der Waals surface area contributed by atoms with Gasteiger partial charge in [0.1, 0.15) is 11.6 Å². The van der Waals surface area contributed by atoms with Gasteiger partial charge in [-0.05, 0) is 43.0 Å².